The molecule has 0 aromatic carbocycles. The molecule has 1 aromatic rings. The van der Waals surface area contributed by atoms with Crippen LogP contribution in [0.2, 0.25) is 5.15 Å². The summed E-state index contributed by atoms with van der Waals surface area (Å²) < 4.78 is 0. The molecule has 20 heavy (non-hydrogen) atoms. The average Bonchev–Trinajstić information content (AvgIpc) is 2.38. The van der Waals surface area contributed by atoms with E-state index in [1.165, 1.54) is 12.0 Å². The molecule has 1 aromatic heterocycles. The minimum Gasteiger partial charge on any atom is -0.314 e. The lowest BCUT2D eigenvalue weighted by Crippen LogP contribution is -2.45. The van der Waals surface area contributed by atoms with Gasteiger partial charge >= 0.3 is 0 Å². The van der Waals surface area contributed by atoms with Crippen molar-refractivity contribution in [1.29, 1.82) is 0 Å². The van der Waals surface area contributed by atoms with Gasteiger partial charge in [0.25, 0.3) is 0 Å². The van der Waals surface area contributed by atoms with Crippen LogP contribution in [0.25, 0.3) is 0 Å². The average molecular weight is 341 g/mol. The second-order valence-corrected chi connectivity index (χ2v) is 5.73. The molecule has 1 saturated heterocycles. The number of pyridine rings is 1. The molecular formula is C14H24Cl3N3. The lowest BCUT2D eigenvalue weighted by Gasteiger charge is -2.36. The summed E-state index contributed by atoms with van der Waals surface area (Å²) in [4.78, 5) is 6.78. The summed E-state index contributed by atoms with van der Waals surface area (Å²) in [5.74, 6) is 0.681. The third kappa shape index (κ3) is 5.74. The number of rotatable bonds is 4. The summed E-state index contributed by atoms with van der Waals surface area (Å²) in [6, 6.07) is 4.48. The number of aromatic nitrogens is 1. The van der Waals surface area contributed by atoms with Crippen LogP contribution in [0.4, 0.5) is 0 Å². The normalized spacial score (nSPS) is 17.2. The number of nitrogens with one attached hydrogen (secondary N) is 1. The van der Waals surface area contributed by atoms with E-state index in [0.29, 0.717) is 17.1 Å². The Hall–Kier alpha value is -0.0600. The van der Waals surface area contributed by atoms with Crippen molar-refractivity contribution >= 4 is 36.4 Å². The smallest absolute Gasteiger partial charge is 0.129 e. The van der Waals surface area contributed by atoms with Gasteiger partial charge in [-0.3, -0.25) is 4.90 Å². The lowest BCUT2D eigenvalue weighted by atomic mass is 9.96. The first kappa shape index (κ1) is 19.9. The molecule has 2 rings (SSSR count). The monoisotopic (exact) mass is 339 g/mol. The predicted octanol–water partition coefficient (Wildman–Crippen LogP) is 3.57. The largest absolute Gasteiger partial charge is 0.314 e. The molecule has 0 bridgehead atoms. The molecule has 0 saturated carbocycles. The quantitative estimate of drug-likeness (QED) is 0.849. The fraction of sp³-hybridized carbons (Fsp3) is 0.643. The fourth-order valence-corrected chi connectivity index (χ4v) is 2.63. The molecule has 0 amide bonds. The Bertz CT molecular complexity index is 364. The minimum absolute atomic E-state index is 0. The molecule has 3 nitrogen and oxygen atoms in total. The van der Waals surface area contributed by atoms with Gasteiger partial charge in [-0.15, -0.1) is 24.8 Å². The number of piperazine rings is 1. The second-order valence-electron chi connectivity index (χ2n) is 5.35. The van der Waals surface area contributed by atoms with Crippen LogP contribution >= 0.6 is 36.4 Å². The highest BCUT2D eigenvalue weighted by Gasteiger charge is 2.23. The summed E-state index contributed by atoms with van der Waals surface area (Å²) in [5, 5.41) is 3.98. The van der Waals surface area contributed by atoms with Crippen LogP contribution in [0.3, 0.4) is 0 Å². The van der Waals surface area contributed by atoms with Crippen LogP contribution in [0.1, 0.15) is 31.9 Å². The highest BCUT2D eigenvalue weighted by atomic mass is 35.5. The van der Waals surface area contributed by atoms with Gasteiger partial charge < -0.3 is 5.32 Å². The first-order valence-corrected chi connectivity index (χ1v) is 7.11. The Balaban J connectivity index is 0.00000180. The maximum absolute atomic E-state index is 5.87. The Labute approximate surface area is 139 Å². The molecule has 0 unspecified atom stereocenters. The molecular weight excluding hydrogens is 317 g/mol. The molecule has 0 aliphatic carbocycles. The van der Waals surface area contributed by atoms with Gasteiger partial charge in [0.2, 0.25) is 0 Å². The van der Waals surface area contributed by atoms with Crippen LogP contribution < -0.4 is 5.32 Å². The first-order chi connectivity index (χ1) is 8.66. The van der Waals surface area contributed by atoms with Gasteiger partial charge in [0.05, 0.1) is 0 Å². The van der Waals surface area contributed by atoms with E-state index in [-0.39, 0.29) is 24.8 Å². The zero-order valence-corrected chi connectivity index (χ0v) is 14.4. The third-order valence-electron chi connectivity index (χ3n) is 3.42. The molecule has 2 heterocycles. The van der Waals surface area contributed by atoms with Crippen LogP contribution in [0.5, 0.6) is 0 Å². The standard InChI is InChI=1S/C14H22ClN3.2ClH/c1-11(2)9-13(18-7-5-16-6-8-18)12-3-4-14(15)17-10-12;;/h3-4,10-11,13,16H,5-9H2,1-2H3;2*1H/t13-;;/m0../s1. The second kappa shape index (κ2) is 9.80. The van der Waals surface area contributed by atoms with Crippen molar-refractivity contribution in [3.05, 3.63) is 29.0 Å². The van der Waals surface area contributed by atoms with Crippen molar-refractivity contribution in [2.45, 2.75) is 26.3 Å². The number of hydrogen-bond acceptors (Lipinski definition) is 3. The maximum atomic E-state index is 5.87. The summed E-state index contributed by atoms with van der Waals surface area (Å²) in [5.41, 5.74) is 1.29. The van der Waals surface area contributed by atoms with Gasteiger partial charge in [0.15, 0.2) is 0 Å². The maximum Gasteiger partial charge on any atom is 0.129 e. The first-order valence-electron chi connectivity index (χ1n) is 6.73. The Morgan fingerprint density at radius 2 is 1.90 bits per heavy atom. The van der Waals surface area contributed by atoms with E-state index in [9.17, 15) is 0 Å². The zero-order valence-electron chi connectivity index (χ0n) is 12.0. The van der Waals surface area contributed by atoms with Gasteiger partial charge in [-0.25, -0.2) is 4.98 Å². The van der Waals surface area contributed by atoms with E-state index < -0.39 is 0 Å². The highest BCUT2D eigenvalue weighted by Crippen LogP contribution is 2.28. The van der Waals surface area contributed by atoms with Crippen LogP contribution in [0.15, 0.2) is 18.3 Å². The van der Waals surface area contributed by atoms with Crippen molar-refractivity contribution < 1.29 is 0 Å². The number of nitrogens with zero attached hydrogens (tertiary/aromatic N) is 2. The molecule has 116 valence electrons. The molecule has 6 heteroatoms. The number of halogens is 3. The van der Waals surface area contributed by atoms with Crippen LogP contribution in [-0.2, 0) is 0 Å². The third-order valence-corrected chi connectivity index (χ3v) is 3.65. The fourth-order valence-electron chi connectivity index (χ4n) is 2.52. The molecule has 1 aliphatic heterocycles. The molecule has 1 N–H and O–H groups in total. The Morgan fingerprint density at radius 3 is 2.40 bits per heavy atom. The van der Waals surface area contributed by atoms with E-state index in [2.05, 4.69) is 35.1 Å². The van der Waals surface area contributed by atoms with Gasteiger partial charge in [-0.1, -0.05) is 31.5 Å². The van der Waals surface area contributed by atoms with Crippen LogP contribution in [0, 0.1) is 5.92 Å². The van der Waals surface area contributed by atoms with Gasteiger partial charge in [-0.2, -0.15) is 0 Å². The van der Waals surface area contributed by atoms with Gasteiger partial charge in [0.1, 0.15) is 5.15 Å². The van der Waals surface area contributed by atoms with Crippen molar-refractivity contribution in [3.63, 3.8) is 0 Å². The van der Waals surface area contributed by atoms with Crippen molar-refractivity contribution in [2.24, 2.45) is 5.92 Å². The van der Waals surface area contributed by atoms with E-state index in [0.717, 1.165) is 26.2 Å². The van der Waals surface area contributed by atoms with E-state index in [1.54, 1.807) is 0 Å². The summed E-state index contributed by atoms with van der Waals surface area (Å²) in [6.45, 7) is 8.93. The zero-order chi connectivity index (χ0) is 13.0. The highest BCUT2D eigenvalue weighted by molar-refractivity contribution is 6.29. The molecule has 0 radical (unpaired) electrons. The van der Waals surface area contributed by atoms with Crippen molar-refractivity contribution in [2.75, 3.05) is 26.2 Å². The topological polar surface area (TPSA) is 28.2 Å². The van der Waals surface area contributed by atoms with Crippen molar-refractivity contribution in [3.8, 4) is 0 Å². The van der Waals surface area contributed by atoms with E-state index in [1.807, 2.05) is 12.3 Å². The lowest BCUT2D eigenvalue weighted by molar-refractivity contribution is 0.154. The van der Waals surface area contributed by atoms with Crippen LogP contribution in [-0.4, -0.2) is 36.1 Å². The SMILES string of the molecule is CC(C)C[C@@H](c1ccc(Cl)nc1)N1CCNCC1.Cl.Cl. The molecule has 0 spiro atoms. The van der Waals surface area contributed by atoms with E-state index in [4.69, 9.17) is 11.6 Å². The molecule has 1 fully saturated rings. The van der Waals surface area contributed by atoms with Gasteiger partial charge in [0, 0.05) is 38.4 Å². The Kier molecular flexibility index (Phi) is 9.77. The minimum atomic E-state index is 0. The Morgan fingerprint density at radius 1 is 1.25 bits per heavy atom. The van der Waals surface area contributed by atoms with E-state index >= 15 is 0 Å². The predicted molar refractivity (Wildman–Crippen MR) is 90.4 cm³/mol. The number of hydrogen-bond donors (Lipinski definition) is 1. The van der Waals surface area contributed by atoms with Gasteiger partial charge in [-0.05, 0) is 24.0 Å². The summed E-state index contributed by atoms with van der Waals surface area (Å²) in [6.07, 6.45) is 3.10. The molecule has 1 atom stereocenters. The summed E-state index contributed by atoms with van der Waals surface area (Å²) >= 11 is 5.87. The molecule has 1 aliphatic rings. The van der Waals surface area contributed by atoms with Crippen molar-refractivity contribution in [1.82, 2.24) is 15.2 Å². The summed E-state index contributed by atoms with van der Waals surface area (Å²) in [7, 11) is 0.